The van der Waals surface area contributed by atoms with Crippen LogP contribution in [0.1, 0.15) is 39.5 Å². The fourth-order valence-corrected chi connectivity index (χ4v) is 3.40. The average molecular weight is 336 g/mol. The summed E-state index contributed by atoms with van der Waals surface area (Å²) in [5.41, 5.74) is 0.0937. The summed E-state index contributed by atoms with van der Waals surface area (Å²) in [6.07, 6.45) is 8.70. The standard InChI is InChI=1S/C16H24N4O2S/c1-4-6-8-9-11-23-16-17-13-12(20(16)10-7-5-2)14(21)18-15(22)19(13)3/h5,7H,4,6,8-11H2,1-3H3,(H,18,21,22)/b7-5+. The van der Waals surface area contributed by atoms with Gasteiger partial charge in [-0.25, -0.2) is 9.78 Å². The predicted octanol–water partition coefficient (Wildman–Crippen LogP) is 2.67. The zero-order valence-electron chi connectivity index (χ0n) is 14.0. The molecular weight excluding hydrogens is 312 g/mol. The minimum absolute atomic E-state index is 0.377. The molecule has 1 N–H and O–H groups in total. The van der Waals surface area contributed by atoms with Gasteiger partial charge in [0.25, 0.3) is 5.56 Å². The van der Waals surface area contributed by atoms with Crippen molar-refractivity contribution in [2.75, 3.05) is 5.75 Å². The van der Waals surface area contributed by atoms with Crippen molar-refractivity contribution in [3.05, 3.63) is 33.0 Å². The minimum Gasteiger partial charge on any atom is -0.309 e. The number of aromatic amines is 1. The highest BCUT2D eigenvalue weighted by Crippen LogP contribution is 2.23. The van der Waals surface area contributed by atoms with Crippen LogP contribution in [0.3, 0.4) is 0 Å². The Hall–Kier alpha value is -1.76. The lowest BCUT2D eigenvalue weighted by Crippen LogP contribution is -2.29. The van der Waals surface area contributed by atoms with Crippen molar-refractivity contribution >= 4 is 22.9 Å². The van der Waals surface area contributed by atoms with E-state index in [2.05, 4.69) is 16.9 Å². The van der Waals surface area contributed by atoms with E-state index in [1.807, 2.05) is 23.6 Å². The van der Waals surface area contributed by atoms with E-state index in [0.29, 0.717) is 17.7 Å². The monoisotopic (exact) mass is 336 g/mol. The Morgan fingerprint density at radius 2 is 2.04 bits per heavy atom. The van der Waals surface area contributed by atoms with E-state index >= 15 is 0 Å². The molecule has 23 heavy (non-hydrogen) atoms. The van der Waals surface area contributed by atoms with Crippen LogP contribution < -0.4 is 11.2 Å². The fourth-order valence-electron chi connectivity index (χ4n) is 2.40. The molecule has 0 aliphatic heterocycles. The first-order chi connectivity index (χ1) is 11.1. The van der Waals surface area contributed by atoms with E-state index in [1.165, 1.54) is 23.8 Å². The molecule has 0 bridgehead atoms. The molecule has 0 saturated carbocycles. The molecule has 126 valence electrons. The maximum atomic E-state index is 12.2. The Bertz CT molecular complexity index is 801. The first-order valence-electron chi connectivity index (χ1n) is 8.03. The molecule has 2 rings (SSSR count). The van der Waals surface area contributed by atoms with Gasteiger partial charge in [0.2, 0.25) is 0 Å². The van der Waals surface area contributed by atoms with Gasteiger partial charge in [-0.05, 0) is 13.3 Å². The van der Waals surface area contributed by atoms with E-state index in [4.69, 9.17) is 0 Å². The first-order valence-corrected chi connectivity index (χ1v) is 9.02. The van der Waals surface area contributed by atoms with E-state index in [0.717, 1.165) is 17.3 Å². The van der Waals surface area contributed by atoms with Crippen LogP contribution in [-0.4, -0.2) is 24.9 Å². The quantitative estimate of drug-likeness (QED) is 0.457. The number of rotatable bonds is 8. The average Bonchev–Trinajstić information content (AvgIpc) is 2.89. The van der Waals surface area contributed by atoms with Crippen LogP contribution in [0.5, 0.6) is 0 Å². The summed E-state index contributed by atoms with van der Waals surface area (Å²) in [6, 6.07) is 0. The van der Waals surface area contributed by atoms with Gasteiger partial charge in [0.1, 0.15) is 0 Å². The molecule has 0 aliphatic carbocycles. The molecule has 0 radical (unpaired) electrons. The summed E-state index contributed by atoms with van der Waals surface area (Å²) in [6.45, 7) is 4.71. The molecule has 0 aromatic carbocycles. The third kappa shape index (κ3) is 3.96. The zero-order valence-corrected chi connectivity index (χ0v) is 14.8. The molecule has 6 nitrogen and oxygen atoms in total. The van der Waals surface area contributed by atoms with Crippen LogP contribution in [0, 0.1) is 0 Å². The smallest absolute Gasteiger partial charge is 0.309 e. The first kappa shape index (κ1) is 17.6. The number of hydrogen-bond acceptors (Lipinski definition) is 4. The van der Waals surface area contributed by atoms with Crippen molar-refractivity contribution in [3.63, 3.8) is 0 Å². The van der Waals surface area contributed by atoms with Gasteiger partial charge in [0, 0.05) is 19.3 Å². The molecule has 0 spiro atoms. The van der Waals surface area contributed by atoms with Gasteiger partial charge < -0.3 is 4.57 Å². The number of nitrogens with zero attached hydrogens (tertiary/aromatic N) is 3. The fraction of sp³-hybridized carbons (Fsp3) is 0.562. The van der Waals surface area contributed by atoms with Crippen LogP contribution in [0.25, 0.3) is 11.2 Å². The number of imidazole rings is 1. The third-order valence-corrected chi connectivity index (χ3v) is 4.79. The minimum atomic E-state index is -0.433. The Labute approximate surface area is 139 Å². The molecule has 0 fully saturated rings. The van der Waals surface area contributed by atoms with Crippen LogP contribution in [0.15, 0.2) is 26.9 Å². The molecule has 0 unspecified atom stereocenters. The number of allylic oxidation sites excluding steroid dienone is 2. The zero-order chi connectivity index (χ0) is 16.8. The summed E-state index contributed by atoms with van der Waals surface area (Å²) in [7, 11) is 1.63. The number of unbranched alkanes of at least 4 members (excludes halogenated alkanes) is 3. The van der Waals surface area contributed by atoms with Crippen LogP contribution in [-0.2, 0) is 13.6 Å². The van der Waals surface area contributed by atoms with Crippen molar-refractivity contribution in [1.82, 2.24) is 19.1 Å². The molecule has 7 heteroatoms. The molecule has 0 amide bonds. The van der Waals surface area contributed by atoms with Crippen molar-refractivity contribution in [2.24, 2.45) is 7.05 Å². The predicted molar refractivity (Wildman–Crippen MR) is 95.3 cm³/mol. The molecule has 2 heterocycles. The van der Waals surface area contributed by atoms with Crippen LogP contribution in [0.4, 0.5) is 0 Å². The second kappa shape index (κ2) is 8.19. The lowest BCUT2D eigenvalue weighted by Gasteiger charge is -2.05. The van der Waals surface area contributed by atoms with E-state index < -0.39 is 5.69 Å². The number of fused-ring (bicyclic) bond motifs is 1. The molecule has 2 aromatic rings. The van der Waals surface area contributed by atoms with Crippen molar-refractivity contribution in [3.8, 4) is 0 Å². The number of aromatic nitrogens is 4. The van der Waals surface area contributed by atoms with E-state index in [-0.39, 0.29) is 5.56 Å². The summed E-state index contributed by atoms with van der Waals surface area (Å²) < 4.78 is 3.28. The topological polar surface area (TPSA) is 72.7 Å². The largest absolute Gasteiger partial charge is 0.329 e. The lowest BCUT2D eigenvalue weighted by atomic mass is 10.2. The summed E-state index contributed by atoms with van der Waals surface area (Å²) in [4.78, 5) is 30.9. The maximum absolute atomic E-state index is 12.2. The molecule has 0 aliphatic rings. The number of H-pyrrole nitrogens is 1. The van der Waals surface area contributed by atoms with Crippen molar-refractivity contribution < 1.29 is 0 Å². The Kier molecular flexibility index (Phi) is 6.27. The number of hydrogen-bond donors (Lipinski definition) is 1. The Morgan fingerprint density at radius 3 is 2.74 bits per heavy atom. The highest BCUT2D eigenvalue weighted by molar-refractivity contribution is 7.99. The lowest BCUT2D eigenvalue weighted by molar-refractivity contribution is 0.703. The van der Waals surface area contributed by atoms with Gasteiger partial charge in [-0.15, -0.1) is 0 Å². The second-order valence-corrected chi connectivity index (χ2v) is 6.54. The molecule has 0 atom stereocenters. The van der Waals surface area contributed by atoms with Crippen LogP contribution >= 0.6 is 11.8 Å². The summed E-state index contributed by atoms with van der Waals surface area (Å²) in [5.74, 6) is 0.963. The van der Waals surface area contributed by atoms with Crippen molar-refractivity contribution in [1.29, 1.82) is 0 Å². The highest BCUT2D eigenvalue weighted by atomic mass is 32.2. The number of nitrogens with one attached hydrogen (secondary N) is 1. The Balaban J connectivity index is 2.38. The third-order valence-electron chi connectivity index (χ3n) is 3.72. The van der Waals surface area contributed by atoms with Gasteiger partial charge in [0.05, 0.1) is 0 Å². The van der Waals surface area contributed by atoms with Gasteiger partial charge >= 0.3 is 5.69 Å². The maximum Gasteiger partial charge on any atom is 0.329 e. The Morgan fingerprint density at radius 1 is 1.26 bits per heavy atom. The summed E-state index contributed by atoms with van der Waals surface area (Å²) >= 11 is 1.65. The summed E-state index contributed by atoms with van der Waals surface area (Å²) in [5, 5.41) is 0.793. The van der Waals surface area contributed by atoms with Gasteiger partial charge in [-0.1, -0.05) is 50.1 Å². The number of aryl methyl sites for hydroxylation is 1. The highest BCUT2D eigenvalue weighted by Gasteiger charge is 2.16. The van der Waals surface area contributed by atoms with Gasteiger partial charge in [0.15, 0.2) is 16.3 Å². The van der Waals surface area contributed by atoms with Crippen molar-refractivity contribution in [2.45, 2.75) is 51.2 Å². The SMILES string of the molecule is C/C=C/Cn1c(SCCCCCC)nc2c1c(=O)[nH]c(=O)n2C. The van der Waals surface area contributed by atoms with E-state index in [9.17, 15) is 9.59 Å². The molecular formula is C16H24N4O2S. The van der Waals surface area contributed by atoms with Gasteiger partial charge in [-0.3, -0.25) is 14.3 Å². The normalized spacial score (nSPS) is 11.8. The second-order valence-electron chi connectivity index (χ2n) is 5.47. The van der Waals surface area contributed by atoms with E-state index in [1.54, 1.807) is 18.8 Å². The number of thioether (sulfide) groups is 1. The van der Waals surface area contributed by atoms with Gasteiger partial charge in [-0.2, -0.15) is 0 Å². The molecule has 0 saturated heterocycles. The molecule has 2 aromatic heterocycles. The van der Waals surface area contributed by atoms with Crippen LogP contribution in [0.2, 0.25) is 0 Å².